The van der Waals surface area contributed by atoms with E-state index in [0.717, 1.165) is 42.7 Å². The Morgan fingerprint density at radius 2 is 2.12 bits per heavy atom. The van der Waals surface area contributed by atoms with Crippen LogP contribution in [0.4, 0.5) is 10.8 Å². The van der Waals surface area contributed by atoms with E-state index in [0.29, 0.717) is 6.04 Å². The average molecular weight is 381 g/mol. The van der Waals surface area contributed by atoms with Crippen LogP contribution in [0.5, 0.6) is 0 Å². The summed E-state index contributed by atoms with van der Waals surface area (Å²) in [5, 5.41) is 6.25. The number of hydrogen-bond donors (Lipinski definition) is 1. The van der Waals surface area contributed by atoms with Gasteiger partial charge in [-0.15, -0.1) is 23.7 Å². The van der Waals surface area contributed by atoms with E-state index in [-0.39, 0.29) is 18.3 Å². The van der Waals surface area contributed by atoms with E-state index in [2.05, 4.69) is 22.5 Å². The zero-order valence-corrected chi connectivity index (χ0v) is 16.5. The van der Waals surface area contributed by atoms with Crippen LogP contribution in [-0.2, 0) is 11.3 Å². The first-order valence-electron chi connectivity index (χ1n) is 8.30. The fraction of sp³-hybridized carbons (Fsp3) is 0.444. The predicted octanol–water partition coefficient (Wildman–Crippen LogP) is 3.35. The van der Waals surface area contributed by atoms with Crippen molar-refractivity contribution in [1.82, 2.24) is 15.2 Å². The number of carbonyl (C=O) groups is 1. The number of carbonyl (C=O) groups excluding carboxylic acids is 1. The van der Waals surface area contributed by atoms with Crippen molar-refractivity contribution in [3.05, 3.63) is 40.9 Å². The van der Waals surface area contributed by atoms with E-state index in [1.807, 2.05) is 31.2 Å². The smallest absolute Gasteiger partial charge is 0.230 e. The summed E-state index contributed by atoms with van der Waals surface area (Å²) in [7, 11) is 0. The van der Waals surface area contributed by atoms with Gasteiger partial charge in [0.1, 0.15) is 0 Å². The van der Waals surface area contributed by atoms with E-state index in [1.165, 1.54) is 16.9 Å². The first-order chi connectivity index (χ1) is 11.5. The number of hydrogen-bond acceptors (Lipinski definition) is 5. The van der Waals surface area contributed by atoms with Gasteiger partial charge in [-0.3, -0.25) is 14.6 Å². The second-order valence-electron chi connectivity index (χ2n) is 6.40. The highest BCUT2D eigenvalue weighted by Gasteiger charge is 2.20. The van der Waals surface area contributed by atoms with Crippen LogP contribution < -0.4 is 10.2 Å². The summed E-state index contributed by atoms with van der Waals surface area (Å²) in [5.74, 6) is -0.0180. The molecule has 0 radical (unpaired) electrons. The third-order valence-corrected chi connectivity index (χ3v) is 5.05. The maximum Gasteiger partial charge on any atom is 0.230 e. The Morgan fingerprint density at radius 1 is 1.40 bits per heavy atom. The Labute approximate surface area is 159 Å². The lowest BCUT2D eigenvalue weighted by molar-refractivity contribution is -0.115. The van der Waals surface area contributed by atoms with Gasteiger partial charge < -0.3 is 5.32 Å². The van der Waals surface area contributed by atoms with Gasteiger partial charge in [0.2, 0.25) is 5.91 Å². The largest absolute Gasteiger partial charge is 0.312 e. The monoisotopic (exact) mass is 380 g/mol. The maximum atomic E-state index is 12.1. The van der Waals surface area contributed by atoms with Crippen molar-refractivity contribution in [1.29, 1.82) is 0 Å². The number of nitrogens with one attached hydrogen (secondary N) is 1. The number of nitrogens with zero attached hydrogens (tertiary/aromatic N) is 3. The third-order valence-electron chi connectivity index (χ3n) is 4.18. The SMILES string of the molecule is CC(=O)N(c1ccc(C)cc1)c1nc(CN2CCNC(C)C2)cs1.Cl. The minimum absolute atomic E-state index is 0. The van der Waals surface area contributed by atoms with Crippen LogP contribution in [0.3, 0.4) is 0 Å². The summed E-state index contributed by atoms with van der Waals surface area (Å²) in [6, 6.07) is 8.48. The highest BCUT2D eigenvalue weighted by atomic mass is 35.5. The van der Waals surface area contributed by atoms with Crippen LogP contribution in [0.15, 0.2) is 29.6 Å². The molecular weight excluding hydrogens is 356 g/mol. The number of piperazine rings is 1. The molecular formula is C18H25ClN4OS. The van der Waals surface area contributed by atoms with Crippen molar-refractivity contribution >= 4 is 40.5 Å². The quantitative estimate of drug-likeness (QED) is 0.883. The molecule has 5 nitrogen and oxygen atoms in total. The second kappa shape index (κ2) is 8.76. The minimum Gasteiger partial charge on any atom is -0.312 e. The molecule has 2 heterocycles. The summed E-state index contributed by atoms with van der Waals surface area (Å²) in [6.45, 7) is 9.74. The Morgan fingerprint density at radius 3 is 2.76 bits per heavy atom. The first kappa shape index (κ1) is 19.8. The van der Waals surface area contributed by atoms with Gasteiger partial charge in [-0.25, -0.2) is 4.98 Å². The molecule has 0 bridgehead atoms. The average Bonchev–Trinajstić information content (AvgIpc) is 2.97. The number of benzene rings is 1. The lowest BCUT2D eigenvalue weighted by Gasteiger charge is -2.31. The van der Waals surface area contributed by atoms with Crippen LogP contribution in [-0.4, -0.2) is 41.5 Å². The zero-order valence-electron chi connectivity index (χ0n) is 14.9. The number of halogens is 1. The fourth-order valence-electron chi connectivity index (χ4n) is 2.98. The Balaban J connectivity index is 0.00000225. The zero-order chi connectivity index (χ0) is 17.1. The van der Waals surface area contributed by atoms with E-state index in [1.54, 1.807) is 11.8 Å². The molecule has 0 spiro atoms. The van der Waals surface area contributed by atoms with Crippen LogP contribution >= 0.6 is 23.7 Å². The summed E-state index contributed by atoms with van der Waals surface area (Å²) >= 11 is 1.53. The van der Waals surface area contributed by atoms with E-state index < -0.39 is 0 Å². The standard InChI is InChI=1S/C18H24N4OS.ClH/c1-13-4-6-17(7-5-13)22(15(3)23)18-20-16(12-24-18)11-21-9-8-19-14(2)10-21;/h4-7,12,14,19H,8-11H2,1-3H3;1H. The maximum absolute atomic E-state index is 12.1. The number of aromatic nitrogens is 1. The fourth-order valence-corrected chi connectivity index (χ4v) is 3.86. The van der Waals surface area contributed by atoms with Gasteiger partial charge in [0.15, 0.2) is 5.13 Å². The molecule has 1 N–H and O–H groups in total. The van der Waals surface area contributed by atoms with Crippen molar-refractivity contribution in [3.8, 4) is 0 Å². The topological polar surface area (TPSA) is 48.5 Å². The Hall–Kier alpha value is -1.47. The van der Waals surface area contributed by atoms with Crippen LogP contribution in [0.1, 0.15) is 25.1 Å². The molecule has 1 saturated heterocycles. The molecule has 136 valence electrons. The summed E-state index contributed by atoms with van der Waals surface area (Å²) < 4.78 is 0. The second-order valence-corrected chi connectivity index (χ2v) is 7.24. The highest BCUT2D eigenvalue weighted by molar-refractivity contribution is 7.14. The summed E-state index contributed by atoms with van der Waals surface area (Å²) in [5.41, 5.74) is 3.07. The van der Waals surface area contributed by atoms with E-state index in [4.69, 9.17) is 4.98 Å². The lowest BCUT2D eigenvalue weighted by atomic mass is 10.2. The molecule has 1 unspecified atom stereocenters. The molecule has 2 aromatic rings. The Kier molecular flexibility index (Phi) is 6.95. The number of thiazole rings is 1. The molecule has 1 atom stereocenters. The number of aryl methyl sites for hydroxylation is 1. The molecule has 1 aromatic heterocycles. The van der Waals surface area contributed by atoms with E-state index >= 15 is 0 Å². The van der Waals surface area contributed by atoms with Crippen LogP contribution in [0.25, 0.3) is 0 Å². The van der Waals surface area contributed by atoms with Crippen molar-refractivity contribution in [2.24, 2.45) is 0 Å². The minimum atomic E-state index is -0.0180. The third kappa shape index (κ3) is 5.01. The molecule has 1 aliphatic rings. The van der Waals surface area contributed by atoms with Gasteiger partial charge in [0.25, 0.3) is 0 Å². The van der Waals surface area contributed by atoms with Crippen LogP contribution in [0.2, 0.25) is 0 Å². The normalized spacial score (nSPS) is 17.8. The molecule has 1 fully saturated rings. The molecule has 1 aromatic carbocycles. The highest BCUT2D eigenvalue weighted by Crippen LogP contribution is 2.29. The molecule has 1 amide bonds. The van der Waals surface area contributed by atoms with Crippen molar-refractivity contribution in [3.63, 3.8) is 0 Å². The predicted molar refractivity (Wildman–Crippen MR) is 106 cm³/mol. The molecule has 0 aliphatic carbocycles. The molecule has 25 heavy (non-hydrogen) atoms. The van der Waals surface area contributed by atoms with Gasteiger partial charge in [-0.1, -0.05) is 17.7 Å². The van der Waals surface area contributed by atoms with E-state index in [9.17, 15) is 4.79 Å². The summed E-state index contributed by atoms with van der Waals surface area (Å²) in [4.78, 5) is 21.0. The Bertz CT molecular complexity index is 703. The van der Waals surface area contributed by atoms with Gasteiger partial charge in [0.05, 0.1) is 11.4 Å². The van der Waals surface area contributed by atoms with Crippen LogP contribution in [0, 0.1) is 6.92 Å². The van der Waals surface area contributed by atoms with Crippen molar-refractivity contribution in [2.45, 2.75) is 33.4 Å². The number of amides is 1. The number of anilines is 2. The van der Waals surface area contributed by atoms with Gasteiger partial charge in [0, 0.05) is 44.5 Å². The first-order valence-corrected chi connectivity index (χ1v) is 9.18. The number of rotatable bonds is 4. The molecule has 7 heteroatoms. The summed E-state index contributed by atoms with van der Waals surface area (Å²) in [6.07, 6.45) is 0. The molecule has 0 saturated carbocycles. The lowest BCUT2D eigenvalue weighted by Crippen LogP contribution is -2.48. The van der Waals surface area contributed by atoms with Gasteiger partial charge in [-0.2, -0.15) is 0 Å². The molecule has 3 rings (SSSR count). The van der Waals surface area contributed by atoms with Gasteiger partial charge in [-0.05, 0) is 26.0 Å². The van der Waals surface area contributed by atoms with Crippen molar-refractivity contribution < 1.29 is 4.79 Å². The van der Waals surface area contributed by atoms with Gasteiger partial charge >= 0.3 is 0 Å². The van der Waals surface area contributed by atoms with Crippen molar-refractivity contribution in [2.75, 3.05) is 24.5 Å². The molecule has 1 aliphatic heterocycles.